The van der Waals surface area contributed by atoms with Crippen LogP contribution in [0.1, 0.15) is 31.7 Å². The highest BCUT2D eigenvalue weighted by Crippen LogP contribution is 2.34. The van der Waals surface area contributed by atoms with Crippen LogP contribution in [0.4, 0.5) is 0 Å². The summed E-state index contributed by atoms with van der Waals surface area (Å²) in [7, 11) is 0. The van der Waals surface area contributed by atoms with Crippen LogP contribution in [0.3, 0.4) is 0 Å². The van der Waals surface area contributed by atoms with Crippen molar-refractivity contribution in [2.24, 2.45) is 0 Å². The standard InChI is InChI=1S/C13H17NO2/c1-13(5-2-6-13)14-8-10-3-4-11-12(7-10)16-9-15-11/h3-4,7,14H,2,5-6,8-9H2,1H3. The predicted molar refractivity (Wildman–Crippen MR) is 61.7 cm³/mol. The third-order valence-electron chi connectivity index (χ3n) is 3.61. The molecule has 0 radical (unpaired) electrons. The van der Waals surface area contributed by atoms with E-state index in [0.29, 0.717) is 12.3 Å². The Morgan fingerprint density at radius 2 is 2.06 bits per heavy atom. The summed E-state index contributed by atoms with van der Waals surface area (Å²) >= 11 is 0. The summed E-state index contributed by atoms with van der Waals surface area (Å²) in [6.45, 7) is 3.56. The van der Waals surface area contributed by atoms with Crippen LogP contribution < -0.4 is 14.8 Å². The van der Waals surface area contributed by atoms with Gasteiger partial charge in [0.1, 0.15) is 0 Å². The molecule has 1 fully saturated rings. The average molecular weight is 219 g/mol. The zero-order chi connectivity index (χ0) is 11.0. The van der Waals surface area contributed by atoms with E-state index < -0.39 is 0 Å². The minimum atomic E-state index is 0.351. The number of hydrogen-bond donors (Lipinski definition) is 1. The van der Waals surface area contributed by atoms with Crippen molar-refractivity contribution >= 4 is 0 Å². The van der Waals surface area contributed by atoms with Gasteiger partial charge in [0.2, 0.25) is 6.79 Å². The Hall–Kier alpha value is -1.22. The number of rotatable bonds is 3. The van der Waals surface area contributed by atoms with Crippen molar-refractivity contribution in [1.82, 2.24) is 5.32 Å². The molecule has 1 aromatic carbocycles. The fourth-order valence-electron chi connectivity index (χ4n) is 2.25. The minimum absolute atomic E-state index is 0.351. The lowest BCUT2D eigenvalue weighted by molar-refractivity contribution is 0.174. The SMILES string of the molecule is CC1(NCc2ccc3c(c2)OCO3)CCC1. The Morgan fingerprint density at radius 1 is 1.25 bits per heavy atom. The molecular weight excluding hydrogens is 202 g/mol. The maximum absolute atomic E-state index is 5.36. The van der Waals surface area contributed by atoms with Crippen molar-refractivity contribution in [1.29, 1.82) is 0 Å². The molecule has 0 aromatic heterocycles. The van der Waals surface area contributed by atoms with Gasteiger partial charge in [-0.05, 0) is 43.9 Å². The van der Waals surface area contributed by atoms with Gasteiger partial charge in [0, 0.05) is 12.1 Å². The van der Waals surface area contributed by atoms with E-state index in [2.05, 4.69) is 24.4 Å². The van der Waals surface area contributed by atoms with E-state index in [1.165, 1.54) is 24.8 Å². The summed E-state index contributed by atoms with van der Waals surface area (Å²) in [5.74, 6) is 1.73. The Balaban J connectivity index is 1.66. The second-order valence-electron chi connectivity index (χ2n) is 4.96. The molecule has 86 valence electrons. The van der Waals surface area contributed by atoms with E-state index in [9.17, 15) is 0 Å². The number of benzene rings is 1. The highest BCUT2D eigenvalue weighted by molar-refractivity contribution is 5.44. The lowest BCUT2D eigenvalue weighted by Gasteiger charge is -2.39. The fourth-order valence-corrected chi connectivity index (χ4v) is 2.25. The summed E-state index contributed by atoms with van der Waals surface area (Å²) < 4.78 is 10.6. The molecule has 1 saturated carbocycles. The first-order chi connectivity index (χ1) is 7.75. The molecule has 0 unspecified atom stereocenters. The zero-order valence-electron chi connectivity index (χ0n) is 9.58. The van der Waals surface area contributed by atoms with Crippen LogP contribution in [0, 0.1) is 0 Å². The monoisotopic (exact) mass is 219 g/mol. The maximum atomic E-state index is 5.36. The summed E-state index contributed by atoms with van der Waals surface area (Å²) in [6.07, 6.45) is 3.93. The summed E-state index contributed by atoms with van der Waals surface area (Å²) in [4.78, 5) is 0. The van der Waals surface area contributed by atoms with Crippen LogP contribution in [0.5, 0.6) is 11.5 Å². The molecule has 16 heavy (non-hydrogen) atoms. The van der Waals surface area contributed by atoms with Crippen LogP contribution >= 0.6 is 0 Å². The zero-order valence-corrected chi connectivity index (χ0v) is 9.58. The van der Waals surface area contributed by atoms with Gasteiger partial charge < -0.3 is 14.8 Å². The second-order valence-corrected chi connectivity index (χ2v) is 4.96. The molecule has 3 rings (SSSR count). The van der Waals surface area contributed by atoms with Gasteiger partial charge in [0.25, 0.3) is 0 Å². The van der Waals surface area contributed by atoms with Crippen molar-refractivity contribution in [2.75, 3.05) is 6.79 Å². The third-order valence-corrected chi connectivity index (χ3v) is 3.61. The molecule has 1 aromatic rings. The summed E-state index contributed by atoms with van der Waals surface area (Å²) in [5.41, 5.74) is 1.62. The van der Waals surface area contributed by atoms with Gasteiger partial charge in [-0.1, -0.05) is 6.07 Å². The summed E-state index contributed by atoms with van der Waals surface area (Å²) in [6, 6.07) is 6.16. The van der Waals surface area contributed by atoms with E-state index >= 15 is 0 Å². The number of nitrogens with one attached hydrogen (secondary N) is 1. The van der Waals surface area contributed by atoms with E-state index in [-0.39, 0.29) is 0 Å². The largest absolute Gasteiger partial charge is 0.454 e. The van der Waals surface area contributed by atoms with Crippen molar-refractivity contribution in [2.45, 2.75) is 38.3 Å². The molecule has 0 amide bonds. The molecular formula is C13H17NO2. The lowest BCUT2D eigenvalue weighted by Crippen LogP contribution is -2.47. The Morgan fingerprint density at radius 3 is 2.81 bits per heavy atom. The molecule has 0 bridgehead atoms. The first kappa shape index (κ1) is 9.97. The Labute approximate surface area is 95.8 Å². The van der Waals surface area contributed by atoms with E-state index in [4.69, 9.17) is 9.47 Å². The molecule has 1 aliphatic carbocycles. The first-order valence-corrected chi connectivity index (χ1v) is 5.89. The molecule has 0 saturated heterocycles. The van der Waals surface area contributed by atoms with Crippen molar-refractivity contribution < 1.29 is 9.47 Å². The van der Waals surface area contributed by atoms with Crippen LogP contribution in [0.15, 0.2) is 18.2 Å². The number of ether oxygens (including phenoxy) is 2. The average Bonchev–Trinajstić information content (AvgIpc) is 2.70. The molecule has 3 heteroatoms. The van der Waals surface area contributed by atoms with Crippen molar-refractivity contribution in [3.63, 3.8) is 0 Å². The van der Waals surface area contributed by atoms with Crippen LogP contribution in [0.25, 0.3) is 0 Å². The number of fused-ring (bicyclic) bond motifs is 1. The normalized spacial score (nSPS) is 20.6. The van der Waals surface area contributed by atoms with Gasteiger partial charge in [-0.2, -0.15) is 0 Å². The van der Waals surface area contributed by atoms with E-state index in [1.54, 1.807) is 0 Å². The van der Waals surface area contributed by atoms with Crippen LogP contribution in [0.2, 0.25) is 0 Å². The highest BCUT2D eigenvalue weighted by Gasteiger charge is 2.30. The third kappa shape index (κ3) is 1.76. The van der Waals surface area contributed by atoms with E-state index in [1.807, 2.05) is 6.07 Å². The van der Waals surface area contributed by atoms with Gasteiger partial charge in [0.15, 0.2) is 11.5 Å². The molecule has 3 nitrogen and oxygen atoms in total. The quantitative estimate of drug-likeness (QED) is 0.847. The molecule has 1 heterocycles. The van der Waals surface area contributed by atoms with E-state index in [0.717, 1.165) is 18.0 Å². The Kier molecular flexibility index (Phi) is 2.28. The van der Waals surface area contributed by atoms with Gasteiger partial charge in [-0.25, -0.2) is 0 Å². The first-order valence-electron chi connectivity index (χ1n) is 5.89. The maximum Gasteiger partial charge on any atom is 0.231 e. The fraction of sp³-hybridized carbons (Fsp3) is 0.538. The topological polar surface area (TPSA) is 30.5 Å². The van der Waals surface area contributed by atoms with Crippen LogP contribution in [-0.2, 0) is 6.54 Å². The Bertz CT molecular complexity index is 399. The molecule has 1 aliphatic heterocycles. The molecule has 2 aliphatic rings. The lowest BCUT2D eigenvalue weighted by atomic mass is 9.78. The minimum Gasteiger partial charge on any atom is -0.454 e. The van der Waals surface area contributed by atoms with Crippen LogP contribution in [-0.4, -0.2) is 12.3 Å². The van der Waals surface area contributed by atoms with Gasteiger partial charge in [-0.3, -0.25) is 0 Å². The highest BCUT2D eigenvalue weighted by atomic mass is 16.7. The number of hydrogen-bond acceptors (Lipinski definition) is 3. The second kappa shape index (κ2) is 3.67. The van der Waals surface area contributed by atoms with Gasteiger partial charge >= 0.3 is 0 Å². The predicted octanol–water partition coefficient (Wildman–Crippen LogP) is 2.45. The van der Waals surface area contributed by atoms with Crippen molar-refractivity contribution in [3.8, 4) is 11.5 Å². The molecule has 0 spiro atoms. The van der Waals surface area contributed by atoms with Gasteiger partial charge in [0.05, 0.1) is 0 Å². The smallest absolute Gasteiger partial charge is 0.231 e. The summed E-state index contributed by atoms with van der Waals surface area (Å²) in [5, 5.41) is 3.61. The van der Waals surface area contributed by atoms with Gasteiger partial charge in [-0.15, -0.1) is 0 Å². The molecule has 0 atom stereocenters. The van der Waals surface area contributed by atoms with Crippen molar-refractivity contribution in [3.05, 3.63) is 23.8 Å². The molecule has 1 N–H and O–H groups in total.